The number of carbonyl (C=O) groups is 2. The van der Waals surface area contributed by atoms with Crippen LogP contribution in [0.2, 0.25) is 0 Å². The van der Waals surface area contributed by atoms with E-state index in [1.165, 1.54) is 17.0 Å². The Hall–Kier alpha value is -2.43. The van der Waals surface area contributed by atoms with Crippen molar-refractivity contribution in [1.82, 2.24) is 15.5 Å². The van der Waals surface area contributed by atoms with Gasteiger partial charge < -0.3 is 36.4 Å². The van der Waals surface area contributed by atoms with Gasteiger partial charge >= 0.3 is 0 Å². The van der Waals surface area contributed by atoms with Crippen LogP contribution in [0.5, 0.6) is 0 Å². The topological polar surface area (TPSA) is 131 Å². The number of anilines is 2. The molecule has 0 bridgehead atoms. The average Bonchev–Trinajstić information content (AvgIpc) is 2.77. The molecule has 2 atom stereocenters. The van der Waals surface area contributed by atoms with E-state index in [-0.39, 0.29) is 11.7 Å². The minimum atomic E-state index is -1.80. The number of halogens is 1. The van der Waals surface area contributed by atoms with Gasteiger partial charge in [-0.3, -0.25) is 9.59 Å². The molecule has 0 aromatic heterocycles. The molecule has 2 aliphatic heterocycles. The van der Waals surface area contributed by atoms with Crippen LogP contribution in [0.1, 0.15) is 12.8 Å². The SMILES string of the molecule is Nc1cc(F)ccc1N1CCC(CNC(=O)[C@H](O)[C@@H](O)C(=O)N2CCNCC2)CC1. The van der Waals surface area contributed by atoms with Gasteiger partial charge in [0.15, 0.2) is 12.2 Å². The molecule has 166 valence electrons. The van der Waals surface area contributed by atoms with Crippen LogP contribution in [0, 0.1) is 11.7 Å². The third-order valence-electron chi connectivity index (χ3n) is 5.76. The van der Waals surface area contributed by atoms with Gasteiger partial charge in [0.05, 0.1) is 11.4 Å². The van der Waals surface area contributed by atoms with Gasteiger partial charge in [-0.2, -0.15) is 0 Å². The summed E-state index contributed by atoms with van der Waals surface area (Å²) in [7, 11) is 0. The first-order chi connectivity index (χ1) is 14.4. The summed E-state index contributed by atoms with van der Waals surface area (Å²) >= 11 is 0. The number of hydrogen-bond donors (Lipinski definition) is 5. The summed E-state index contributed by atoms with van der Waals surface area (Å²) in [4.78, 5) is 28.0. The maximum absolute atomic E-state index is 13.2. The molecule has 10 heteroatoms. The Balaban J connectivity index is 1.43. The number of aliphatic hydroxyl groups is 2. The number of piperazine rings is 1. The fraction of sp³-hybridized carbons (Fsp3) is 0.600. The number of nitrogens with two attached hydrogens (primary N) is 1. The van der Waals surface area contributed by atoms with E-state index in [4.69, 9.17) is 5.73 Å². The monoisotopic (exact) mass is 423 g/mol. The standard InChI is InChI=1S/C20H30FN5O4/c21-14-1-2-16(15(22)11-14)25-7-3-13(4-8-25)12-24-19(29)17(27)18(28)20(30)26-9-5-23-6-10-26/h1-2,11,13,17-18,23,27-28H,3-10,12,22H2,(H,24,29)/t17-,18-/m1/s1. The molecule has 2 heterocycles. The van der Waals surface area contributed by atoms with Crippen molar-refractivity contribution in [1.29, 1.82) is 0 Å². The van der Waals surface area contributed by atoms with Gasteiger partial charge in [0, 0.05) is 45.8 Å². The molecule has 3 rings (SSSR count). The van der Waals surface area contributed by atoms with E-state index >= 15 is 0 Å². The first-order valence-corrected chi connectivity index (χ1v) is 10.3. The second-order valence-electron chi connectivity index (χ2n) is 7.84. The lowest BCUT2D eigenvalue weighted by molar-refractivity contribution is -0.153. The van der Waals surface area contributed by atoms with Crippen LogP contribution in [0.25, 0.3) is 0 Å². The zero-order chi connectivity index (χ0) is 21.7. The zero-order valence-electron chi connectivity index (χ0n) is 16.9. The van der Waals surface area contributed by atoms with Crippen LogP contribution in [0.15, 0.2) is 18.2 Å². The molecule has 2 aliphatic rings. The lowest BCUT2D eigenvalue weighted by Gasteiger charge is -2.34. The third kappa shape index (κ3) is 5.38. The number of amides is 2. The summed E-state index contributed by atoms with van der Waals surface area (Å²) in [6.07, 6.45) is -2.00. The molecule has 2 amide bonds. The largest absolute Gasteiger partial charge is 0.397 e. The molecular weight excluding hydrogens is 393 g/mol. The first kappa shape index (κ1) is 22.3. The van der Waals surface area contributed by atoms with Crippen molar-refractivity contribution in [2.45, 2.75) is 25.0 Å². The number of carbonyl (C=O) groups excluding carboxylic acids is 2. The van der Waals surface area contributed by atoms with Gasteiger partial charge in [-0.1, -0.05) is 0 Å². The summed E-state index contributed by atoms with van der Waals surface area (Å²) < 4.78 is 13.2. The number of nitrogens with zero attached hydrogens (tertiary/aromatic N) is 2. The number of hydrogen-bond acceptors (Lipinski definition) is 7. The Bertz CT molecular complexity index is 751. The molecular formula is C20H30FN5O4. The molecule has 0 saturated carbocycles. The fourth-order valence-corrected chi connectivity index (χ4v) is 3.89. The minimum Gasteiger partial charge on any atom is -0.397 e. The van der Waals surface area contributed by atoms with Gasteiger partial charge in [-0.15, -0.1) is 0 Å². The van der Waals surface area contributed by atoms with E-state index in [9.17, 15) is 24.2 Å². The summed E-state index contributed by atoms with van der Waals surface area (Å²) in [5.74, 6) is -1.56. The quantitative estimate of drug-likeness (QED) is 0.367. The summed E-state index contributed by atoms with van der Waals surface area (Å²) in [5.41, 5.74) is 7.09. The number of aliphatic hydroxyl groups excluding tert-OH is 2. The maximum atomic E-state index is 13.2. The van der Waals surface area contributed by atoms with Crippen molar-refractivity contribution >= 4 is 23.2 Å². The van der Waals surface area contributed by atoms with Gasteiger partial charge in [-0.05, 0) is 37.0 Å². The Morgan fingerprint density at radius 1 is 1.17 bits per heavy atom. The lowest BCUT2D eigenvalue weighted by atomic mass is 9.96. The maximum Gasteiger partial charge on any atom is 0.254 e. The molecule has 0 spiro atoms. The minimum absolute atomic E-state index is 0.195. The molecule has 9 nitrogen and oxygen atoms in total. The number of nitrogens with one attached hydrogen (secondary N) is 2. The predicted octanol–water partition coefficient (Wildman–Crippen LogP) is -1.11. The predicted molar refractivity (Wildman–Crippen MR) is 110 cm³/mol. The Kier molecular flexibility index (Phi) is 7.46. The van der Waals surface area contributed by atoms with Gasteiger partial charge in [0.1, 0.15) is 5.82 Å². The van der Waals surface area contributed by atoms with Crippen LogP contribution in [-0.2, 0) is 9.59 Å². The number of piperidine rings is 1. The molecule has 0 aliphatic carbocycles. The number of nitrogen functional groups attached to an aromatic ring is 1. The fourth-order valence-electron chi connectivity index (χ4n) is 3.89. The van der Waals surface area contributed by atoms with Crippen molar-refractivity contribution in [2.75, 3.05) is 56.4 Å². The van der Waals surface area contributed by atoms with Gasteiger partial charge in [0.2, 0.25) is 0 Å². The Labute approximate surface area is 175 Å². The van der Waals surface area contributed by atoms with Crippen LogP contribution < -0.4 is 21.3 Å². The zero-order valence-corrected chi connectivity index (χ0v) is 16.9. The van der Waals surface area contributed by atoms with Crippen LogP contribution in [-0.4, -0.2) is 84.9 Å². The molecule has 2 fully saturated rings. The van der Waals surface area contributed by atoms with Crippen molar-refractivity contribution in [3.05, 3.63) is 24.0 Å². The normalized spacial score (nSPS) is 20.0. The Morgan fingerprint density at radius 3 is 2.47 bits per heavy atom. The molecule has 1 aromatic rings. The highest BCUT2D eigenvalue weighted by molar-refractivity contribution is 5.90. The van der Waals surface area contributed by atoms with Crippen molar-refractivity contribution in [2.24, 2.45) is 5.92 Å². The van der Waals surface area contributed by atoms with E-state index in [2.05, 4.69) is 15.5 Å². The average molecular weight is 423 g/mol. The van der Waals surface area contributed by atoms with Crippen LogP contribution in [0.3, 0.4) is 0 Å². The molecule has 2 saturated heterocycles. The summed E-state index contributed by atoms with van der Waals surface area (Å²) in [5, 5.41) is 25.9. The molecule has 6 N–H and O–H groups in total. The highest BCUT2D eigenvalue weighted by Gasteiger charge is 2.34. The van der Waals surface area contributed by atoms with Crippen molar-refractivity contribution < 1.29 is 24.2 Å². The van der Waals surface area contributed by atoms with E-state index in [0.717, 1.165) is 18.5 Å². The first-order valence-electron chi connectivity index (χ1n) is 10.3. The van der Waals surface area contributed by atoms with E-state index in [1.54, 1.807) is 6.07 Å². The summed E-state index contributed by atoms with van der Waals surface area (Å²) in [6.45, 7) is 3.86. The Morgan fingerprint density at radius 2 is 1.83 bits per heavy atom. The van der Waals surface area contributed by atoms with Gasteiger partial charge in [0.25, 0.3) is 11.8 Å². The van der Waals surface area contributed by atoms with Crippen LogP contribution in [0.4, 0.5) is 15.8 Å². The molecule has 30 heavy (non-hydrogen) atoms. The second-order valence-corrected chi connectivity index (χ2v) is 7.84. The highest BCUT2D eigenvalue weighted by Crippen LogP contribution is 2.28. The van der Waals surface area contributed by atoms with Crippen molar-refractivity contribution in [3.63, 3.8) is 0 Å². The van der Waals surface area contributed by atoms with E-state index in [0.29, 0.717) is 51.5 Å². The smallest absolute Gasteiger partial charge is 0.254 e. The second kappa shape index (κ2) is 10.1. The molecule has 0 radical (unpaired) electrons. The number of benzene rings is 1. The highest BCUT2D eigenvalue weighted by atomic mass is 19.1. The van der Waals surface area contributed by atoms with Gasteiger partial charge in [-0.25, -0.2) is 4.39 Å². The van der Waals surface area contributed by atoms with Crippen LogP contribution >= 0.6 is 0 Å². The van der Waals surface area contributed by atoms with Crippen molar-refractivity contribution in [3.8, 4) is 0 Å². The lowest BCUT2D eigenvalue weighted by Crippen LogP contribution is -2.55. The van der Waals surface area contributed by atoms with E-state index in [1.807, 2.05) is 0 Å². The van der Waals surface area contributed by atoms with E-state index < -0.39 is 24.0 Å². The summed E-state index contributed by atoms with van der Waals surface area (Å²) in [6, 6.07) is 4.35. The molecule has 1 aromatic carbocycles. The third-order valence-corrected chi connectivity index (χ3v) is 5.76. The number of rotatable bonds is 6. The molecule has 0 unspecified atom stereocenters.